The third-order valence-electron chi connectivity index (χ3n) is 2.18. The largest absolute Gasteiger partial charge is 0.481 e. The van der Waals surface area contributed by atoms with Gasteiger partial charge >= 0.3 is 13.6 Å². The Morgan fingerprint density at radius 3 is 1.83 bits per heavy atom. The van der Waals surface area contributed by atoms with Crippen molar-refractivity contribution in [2.75, 3.05) is 0 Å². The number of aliphatic carboxylic acids is 1. The predicted molar refractivity (Wildman–Crippen MR) is 42.9 cm³/mol. The normalized spacial score (nSPS) is 15.8. The molecule has 0 saturated carbocycles. The van der Waals surface area contributed by atoms with Crippen molar-refractivity contribution in [2.24, 2.45) is 5.92 Å². The third kappa shape index (κ3) is 2.06. The quantitative estimate of drug-likeness (QED) is 0.576. The Kier molecular flexibility index (Phi) is 3.07. The van der Waals surface area contributed by atoms with Crippen LogP contribution in [0.1, 0.15) is 20.8 Å². The minimum Gasteiger partial charge on any atom is -0.481 e. The lowest BCUT2D eigenvalue weighted by Crippen LogP contribution is -2.34. The van der Waals surface area contributed by atoms with E-state index in [-0.39, 0.29) is 0 Å². The number of rotatable bonds is 3. The van der Waals surface area contributed by atoms with Crippen LogP contribution in [0.15, 0.2) is 0 Å². The van der Waals surface area contributed by atoms with E-state index in [4.69, 9.17) is 14.9 Å². The van der Waals surface area contributed by atoms with E-state index in [9.17, 15) is 9.36 Å². The third-order valence-corrected chi connectivity index (χ3v) is 4.07. The van der Waals surface area contributed by atoms with Gasteiger partial charge in [-0.1, -0.05) is 6.92 Å². The Labute approximate surface area is 70.6 Å². The minimum absolute atomic E-state index is 1.07. The van der Waals surface area contributed by atoms with Gasteiger partial charge in [0.05, 0.1) is 11.1 Å². The van der Waals surface area contributed by atoms with Crippen LogP contribution in [0, 0.1) is 5.92 Å². The predicted octanol–water partition coefficient (Wildman–Crippen LogP) is 0.663. The molecular formula is C6H13O5P. The molecule has 6 heteroatoms. The molecule has 12 heavy (non-hydrogen) atoms. The Bertz CT molecular complexity index is 228. The number of carbonyl (C=O) groups is 1. The Balaban J connectivity index is 4.86. The first-order chi connectivity index (χ1) is 5.10. The van der Waals surface area contributed by atoms with Crippen LogP contribution in [0.2, 0.25) is 0 Å². The number of hydrogen-bond donors (Lipinski definition) is 3. The number of hydrogen-bond acceptors (Lipinski definition) is 2. The van der Waals surface area contributed by atoms with Crippen molar-refractivity contribution in [3.63, 3.8) is 0 Å². The van der Waals surface area contributed by atoms with Crippen LogP contribution < -0.4 is 0 Å². The van der Waals surface area contributed by atoms with Crippen molar-refractivity contribution in [1.82, 2.24) is 0 Å². The summed E-state index contributed by atoms with van der Waals surface area (Å²) >= 11 is 0. The maximum absolute atomic E-state index is 10.8. The van der Waals surface area contributed by atoms with Crippen molar-refractivity contribution in [3.05, 3.63) is 0 Å². The molecule has 72 valence electrons. The second-order valence-electron chi connectivity index (χ2n) is 3.26. The second-order valence-corrected chi connectivity index (χ2v) is 5.50. The first-order valence-electron chi connectivity index (χ1n) is 3.39. The smallest absolute Gasteiger partial charge is 0.331 e. The molecule has 1 atom stereocenters. The van der Waals surface area contributed by atoms with Gasteiger partial charge in [0.1, 0.15) is 0 Å². The summed E-state index contributed by atoms with van der Waals surface area (Å²) in [6, 6.07) is 0. The van der Waals surface area contributed by atoms with Gasteiger partial charge in [-0.25, -0.2) is 0 Å². The van der Waals surface area contributed by atoms with Crippen LogP contribution >= 0.6 is 7.60 Å². The van der Waals surface area contributed by atoms with E-state index < -0.39 is 24.6 Å². The molecule has 1 unspecified atom stereocenters. The summed E-state index contributed by atoms with van der Waals surface area (Å²) in [5.41, 5.74) is 0. The molecule has 0 heterocycles. The molecule has 0 aromatic heterocycles. The van der Waals surface area contributed by atoms with Crippen molar-refractivity contribution >= 4 is 13.6 Å². The molecular weight excluding hydrogens is 183 g/mol. The highest BCUT2D eigenvalue weighted by Crippen LogP contribution is 2.53. The summed E-state index contributed by atoms with van der Waals surface area (Å²) in [7, 11) is -4.36. The molecule has 5 nitrogen and oxygen atoms in total. The molecule has 0 fully saturated rings. The van der Waals surface area contributed by atoms with Gasteiger partial charge in [0, 0.05) is 0 Å². The summed E-state index contributed by atoms with van der Waals surface area (Å²) in [5.74, 6) is -2.28. The zero-order valence-electron chi connectivity index (χ0n) is 7.18. The van der Waals surface area contributed by atoms with Crippen molar-refractivity contribution in [2.45, 2.75) is 25.9 Å². The summed E-state index contributed by atoms with van der Waals surface area (Å²) in [6.45, 7) is 3.76. The fraction of sp³-hybridized carbons (Fsp3) is 0.833. The van der Waals surface area contributed by atoms with Gasteiger partial charge in [0.15, 0.2) is 0 Å². The van der Waals surface area contributed by atoms with Crippen LogP contribution in [0.25, 0.3) is 0 Å². The van der Waals surface area contributed by atoms with Crippen LogP contribution in [0.3, 0.4) is 0 Å². The van der Waals surface area contributed by atoms with Crippen molar-refractivity contribution in [1.29, 1.82) is 0 Å². The molecule has 0 saturated heterocycles. The molecule has 0 rings (SSSR count). The molecule has 0 bridgehead atoms. The Hall–Kier alpha value is -0.380. The molecule has 0 aliphatic rings. The van der Waals surface area contributed by atoms with E-state index in [0.29, 0.717) is 0 Å². The first-order valence-corrected chi connectivity index (χ1v) is 5.00. The van der Waals surface area contributed by atoms with E-state index in [0.717, 1.165) is 0 Å². The average Bonchev–Trinajstić information content (AvgIpc) is 1.83. The first kappa shape index (κ1) is 11.6. The molecule has 0 spiro atoms. The van der Waals surface area contributed by atoms with E-state index in [2.05, 4.69) is 0 Å². The van der Waals surface area contributed by atoms with E-state index in [1.807, 2.05) is 0 Å². The molecule has 0 radical (unpaired) electrons. The van der Waals surface area contributed by atoms with E-state index >= 15 is 0 Å². The lowest BCUT2D eigenvalue weighted by atomic mass is 9.97. The molecule has 0 aliphatic heterocycles. The fourth-order valence-corrected chi connectivity index (χ4v) is 1.17. The van der Waals surface area contributed by atoms with Crippen LogP contribution in [-0.4, -0.2) is 26.0 Å². The molecule has 0 amide bonds. The van der Waals surface area contributed by atoms with Crippen LogP contribution in [0.4, 0.5) is 0 Å². The zero-order valence-corrected chi connectivity index (χ0v) is 8.08. The van der Waals surface area contributed by atoms with Gasteiger partial charge in [0.25, 0.3) is 0 Å². The number of carboxylic acid groups (broad SMARTS) is 1. The lowest BCUT2D eigenvalue weighted by molar-refractivity contribution is -0.142. The summed E-state index contributed by atoms with van der Waals surface area (Å²) in [5, 5.41) is 7.02. The van der Waals surface area contributed by atoms with Crippen molar-refractivity contribution < 1.29 is 24.3 Å². The minimum atomic E-state index is -4.36. The van der Waals surface area contributed by atoms with Crippen LogP contribution in [-0.2, 0) is 9.36 Å². The highest BCUT2D eigenvalue weighted by Gasteiger charge is 2.45. The van der Waals surface area contributed by atoms with Gasteiger partial charge in [-0.15, -0.1) is 0 Å². The van der Waals surface area contributed by atoms with Gasteiger partial charge < -0.3 is 14.9 Å². The van der Waals surface area contributed by atoms with Gasteiger partial charge in [-0.2, -0.15) is 0 Å². The van der Waals surface area contributed by atoms with Gasteiger partial charge in [-0.05, 0) is 13.8 Å². The molecule has 0 aliphatic carbocycles. The monoisotopic (exact) mass is 196 g/mol. The lowest BCUT2D eigenvalue weighted by Gasteiger charge is -2.29. The maximum atomic E-state index is 10.8. The van der Waals surface area contributed by atoms with Gasteiger partial charge in [0.2, 0.25) is 0 Å². The second kappa shape index (κ2) is 3.17. The summed E-state index contributed by atoms with van der Waals surface area (Å²) in [4.78, 5) is 28.1. The zero-order chi connectivity index (χ0) is 10.2. The fourth-order valence-electron chi connectivity index (χ4n) is 0.554. The highest BCUT2D eigenvalue weighted by molar-refractivity contribution is 7.53. The summed E-state index contributed by atoms with van der Waals surface area (Å²) in [6.07, 6.45) is 0. The standard InChI is InChI=1S/C6H13O5P/c1-4(5(7)8)6(2,3)12(9,10)11/h4H,1-3H3,(H,7,8)(H2,9,10,11). The van der Waals surface area contributed by atoms with Crippen molar-refractivity contribution in [3.8, 4) is 0 Å². The molecule has 0 aromatic carbocycles. The number of carboxylic acids is 1. The summed E-state index contributed by atoms with van der Waals surface area (Å²) < 4.78 is 10.8. The van der Waals surface area contributed by atoms with Crippen LogP contribution in [0.5, 0.6) is 0 Å². The Morgan fingerprint density at radius 1 is 1.42 bits per heavy atom. The average molecular weight is 196 g/mol. The van der Waals surface area contributed by atoms with E-state index in [1.54, 1.807) is 0 Å². The Morgan fingerprint density at radius 2 is 1.75 bits per heavy atom. The SMILES string of the molecule is CC(C(=O)O)C(C)(C)P(=O)(O)O. The highest BCUT2D eigenvalue weighted by atomic mass is 31.2. The topological polar surface area (TPSA) is 94.8 Å². The molecule has 3 N–H and O–H groups in total. The van der Waals surface area contributed by atoms with Gasteiger partial charge in [-0.3, -0.25) is 9.36 Å². The maximum Gasteiger partial charge on any atom is 0.331 e. The molecule has 0 aromatic rings. The van der Waals surface area contributed by atoms with E-state index in [1.165, 1.54) is 20.8 Å².